The molecule has 3 rings (SSSR count). The highest BCUT2D eigenvalue weighted by molar-refractivity contribution is 5.85. The van der Waals surface area contributed by atoms with E-state index in [0.29, 0.717) is 6.54 Å². The van der Waals surface area contributed by atoms with Crippen molar-refractivity contribution in [2.24, 2.45) is 0 Å². The van der Waals surface area contributed by atoms with Crippen LogP contribution in [0.15, 0.2) is 42.6 Å². The number of halogens is 2. The largest absolute Gasteiger partial charge is 0.349 e. The molecule has 1 aromatic carbocycles. The Hall–Kier alpha value is -1.62. The number of nitrogens with zero attached hydrogens (tertiary/aromatic N) is 1. The molecule has 1 atom stereocenters. The number of benzene rings is 1. The molecule has 2 heterocycles. The lowest BCUT2D eigenvalue weighted by Crippen LogP contribution is -2.47. The number of hydrogen-bond acceptors (Lipinski definition) is 3. The molecule has 124 valence electrons. The van der Waals surface area contributed by atoms with Crippen LogP contribution in [0.1, 0.15) is 22.4 Å². The Morgan fingerprint density at radius 3 is 2.70 bits per heavy atom. The van der Waals surface area contributed by atoms with Crippen LogP contribution in [0, 0.1) is 6.92 Å². The molecule has 0 bridgehead atoms. The van der Waals surface area contributed by atoms with Crippen LogP contribution < -0.4 is 10.6 Å². The third-order valence-electron chi connectivity index (χ3n) is 3.95. The fraction of sp³-hybridized carbons (Fsp3) is 0.294. The smallest absolute Gasteiger partial charge is 0.237 e. The predicted molar refractivity (Wildman–Crippen MR) is 96.1 cm³/mol. The molecule has 1 unspecified atom stereocenters. The summed E-state index contributed by atoms with van der Waals surface area (Å²) in [6.07, 6.45) is 2.49. The summed E-state index contributed by atoms with van der Waals surface area (Å²) in [4.78, 5) is 16.6. The summed E-state index contributed by atoms with van der Waals surface area (Å²) in [5, 5.41) is 6.27. The molecule has 0 fully saturated rings. The molecule has 6 heteroatoms. The molecular weight excluding hydrogens is 333 g/mol. The zero-order valence-corrected chi connectivity index (χ0v) is 14.5. The predicted octanol–water partition coefficient (Wildman–Crippen LogP) is 2.56. The average molecular weight is 354 g/mol. The van der Waals surface area contributed by atoms with E-state index in [1.165, 1.54) is 11.1 Å². The van der Waals surface area contributed by atoms with Crippen LogP contribution in [0.25, 0.3) is 0 Å². The summed E-state index contributed by atoms with van der Waals surface area (Å²) in [6, 6.07) is 12.0. The number of hydrogen-bond donors (Lipinski definition) is 2. The molecule has 2 aromatic rings. The number of rotatable bonds is 3. The molecule has 23 heavy (non-hydrogen) atoms. The number of carbonyl (C=O) groups is 1. The molecule has 0 aliphatic carbocycles. The maximum Gasteiger partial charge on any atom is 0.237 e. The first kappa shape index (κ1) is 19.4. The summed E-state index contributed by atoms with van der Waals surface area (Å²) in [6.45, 7) is 3.23. The van der Waals surface area contributed by atoms with Crippen molar-refractivity contribution in [3.8, 4) is 0 Å². The Labute approximate surface area is 148 Å². The maximum absolute atomic E-state index is 12.3. The van der Waals surface area contributed by atoms with Crippen molar-refractivity contribution in [1.29, 1.82) is 0 Å². The third-order valence-corrected chi connectivity index (χ3v) is 3.95. The van der Waals surface area contributed by atoms with Crippen molar-refractivity contribution in [2.75, 3.05) is 0 Å². The van der Waals surface area contributed by atoms with Crippen molar-refractivity contribution in [3.63, 3.8) is 0 Å². The lowest BCUT2D eigenvalue weighted by Gasteiger charge is -2.25. The minimum Gasteiger partial charge on any atom is -0.349 e. The molecule has 2 N–H and O–H groups in total. The van der Waals surface area contributed by atoms with Crippen LogP contribution in [0.4, 0.5) is 0 Å². The first-order valence-electron chi connectivity index (χ1n) is 7.22. The molecule has 1 amide bonds. The van der Waals surface area contributed by atoms with Gasteiger partial charge < -0.3 is 10.6 Å². The van der Waals surface area contributed by atoms with Gasteiger partial charge in [-0.1, -0.05) is 30.3 Å². The molecule has 4 nitrogen and oxygen atoms in total. The van der Waals surface area contributed by atoms with Gasteiger partial charge in [-0.05, 0) is 36.1 Å². The highest BCUT2D eigenvalue weighted by atomic mass is 35.5. The van der Waals surface area contributed by atoms with Crippen molar-refractivity contribution in [3.05, 3.63) is 65.0 Å². The minimum atomic E-state index is -0.163. The van der Waals surface area contributed by atoms with E-state index in [4.69, 9.17) is 0 Å². The van der Waals surface area contributed by atoms with Gasteiger partial charge in [-0.15, -0.1) is 24.8 Å². The number of nitrogens with one attached hydrogen (secondary N) is 2. The molecule has 0 spiro atoms. The monoisotopic (exact) mass is 353 g/mol. The lowest BCUT2D eigenvalue weighted by molar-refractivity contribution is -0.123. The molecule has 1 aromatic heterocycles. The lowest BCUT2D eigenvalue weighted by atomic mass is 9.95. The second-order valence-electron chi connectivity index (χ2n) is 5.39. The number of pyridine rings is 1. The number of aryl methyl sites for hydroxylation is 1. The summed E-state index contributed by atoms with van der Waals surface area (Å²) in [5.41, 5.74) is 4.55. The van der Waals surface area contributed by atoms with Gasteiger partial charge in [-0.25, -0.2) is 0 Å². The van der Waals surface area contributed by atoms with Gasteiger partial charge >= 0.3 is 0 Å². The first-order valence-corrected chi connectivity index (χ1v) is 7.22. The minimum absolute atomic E-state index is 0. The molecule has 1 aliphatic heterocycles. The van der Waals surface area contributed by atoms with Crippen molar-refractivity contribution < 1.29 is 4.79 Å². The van der Waals surface area contributed by atoms with Gasteiger partial charge in [0.2, 0.25) is 5.91 Å². The first-order chi connectivity index (χ1) is 10.2. The van der Waals surface area contributed by atoms with Gasteiger partial charge in [0.05, 0.1) is 18.3 Å². The van der Waals surface area contributed by atoms with Crippen LogP contribution in [0.3, 0.4) is 0 Å². The van der Waals surface area contributed by atoms with Crippen LogP contribution in [0.5, 0.6) is 0 Å². The van der Waals surface area contributed by atoms with Gasteiger partial charge in [0.15, 0.2) is 0 Å². The second-order valence-corrected chi connectivity index (χ2v) is 5.39. The highest BCUT2D eigenvalue weighted by Gasteiger charge is 2.23. The molecule has 0 saturated heterocycles. The Morgan fingerprint density at radius 2 is 1.96 bits per heavy atom. The van der Waals surface area contributed by atoms with Crippen LogP contribution in [0.2, 0.25) is 0 Å². The van der Waals surface area contributed by atoms with Crippen molar-refractivity contribution in [2.45, 2.75) is 32.5 Å². The summed E-state index contributed by atoms with van der Waals surface area (Å²) in [7, 11) is 0. The quantitative estimate of drug-likeness (QED) is 0.891. The number of aromatic nitrogens is 1. The maximum atomic E-state index is 12.3. The molecule has 0 radical (unpaired) electrons. The Morgan fingerprint density at radius 1 is 1.22 bits per heavy atom. The Bertz CT molecular complexity index is 664. The van der Waals surface area contributed by atoms with Gasteiger partial charge in [0.1, 0.15) is 0 Å². The van der Waals surface area contributed by atoms with Crippen LogP contribution in [-0.4, -0.2) is 16.9 Å². The van der Waals surface area contributed by atoms with E-state index in [2.05, 4.69) is 27.8 Å². The van der Waals surface area contributed by atoms with E-state index in [1.807, 2.05) is 31.2 Å². The SMILES string of the molecule is Cc1cccnc1CNC(=O)C1Cc2ccccc2CN1.Cl.Cl. The zero-order chi connectivity index (χ0) is 14.7. The summed E-state index contributed by atoms with van der Waals surface area (Å²) >= 11 is 0. The van der Waals surface area contributed by atoms with Crippen LogP contribution in [-0.2, 0) is 24.3 Å². The Kier molecular flexibility index (Phi) is 7.49. The standard InChI is InChI=1S/C17H19N3O.2ClH/c1-12-5-4-8-18-16(12)11-20-17(21)15-9-13-6-2-3-7-14(13)10-19-15;;/h2-8,15,19H,9-11H2,1H3,(H,20,21);2*1H. The Balaban J connectivity index is 0.00000132. The highest BCUT2D eigenvalue weighted by Crippen LogP contribution is 2.16. The number of amides is 1. The fourth-order valence-electron chi connectivity index (χ4n) is 2.64. The average Bonchev–Trinajstić information content (AvgIpc) is 2.53. The van der Waals surface area contributed by atoms with E-state index in [0.717, 1.165) is 24.2 Å². The third kappa shape index (κ3) is 4.67. The topological polar surface area (TPSA) is 54.0 Å². The van der Waals surface area contributed by atoms with E-state index >= 15 is 0 Å². The van der Waals surface area contributed by atoms with E-state index in [9.17, 15) is 4.79 Å². The number of fused-ring (bicyclic) bond motifs is 1. The van der Waals surface area contributed by atoms with Crippen LogP contribution >= 0.6 is 24.8 Å². The summed E-state index contributed by atoms with van der Waals surface area (Å²) in [5.74, 6) is 0.0366. The van der Waals surface area contributed by atoms with Gasteiger partial charge in [-0.3, -0.25) is 9.78 Å². The summed E-state index contributed by atoms with van der Waals surface area (Å²) < 4.78 is 0. The van der Waals surface area contributed by atoms with Gasteiger partial charge in [0, 0.05) is 12.7 Å². The van der Waals surface area contributed by atoms with Gasteiger partial charge in [-0.2, -0.15) is 0 Å². The number of carbonyl (C=O) groups excluding carboxylic acids is 1. The molecular formula is C17H21Cl2N3O. The second kappa shape index (κ2) is 8.87. The van der Waals surface area contributed by atoms with E-state index in [-0.39, 0.29) is 36.8 Å². The molecule has 1 aliphatic rings. The fourth-order valence-corrected chi connectivity index (χ4v) is 2.64. The van der Waals surface area contributed by atoms with Crippen molar-refractivity contribution in [1.82, 2.24) is 15.6 Å². The van der Waals surface area contributed by atoms with E-state index in [1.54, 1.807) is 6.20 Å². The van der Waals surface area contributed by atoms with Crippen molar-refractivity contribution >= 4 is 30.7 Å². The zero-order valence-electron chi connectivity index (χ0n) is 12.9. The van der Waals surface area contributed by atoms with Gasteiger partial charge in [0.25, 0.3) is 0 Å². The normalized spacial score (nSPS) is 15.6. The molecule has 0 saturated carbocycles. The van der Waals surface area contributed by atoms with E-state index < -0.39 is 0 Å².